The van der Waals surface area contributed by atoms with Crippen LogP contribution in [-0.2, 0) is 28.5 Å². The van der Waals surface area contributed by atoms with Crippen LogP contribution in [0, 0.1) is 0 Å². The zero-order valence-electron chi connectivity index (χ0n) is 11.1. The van der Waals surface area contributed by atoms with Crippen molar-refractivity contribution in [1.82, 2.24) is 0 Å². The van der Waals surface area contributed by atoms with E-state index in [4.69, 9.17) is 14.2 Å². The molecule has 0 unspecified atom stereocenters. The second kappa shape index (κ2) is 12.5. The molecule has 0 heterocycles. The first-order chi connectivity index (χ1) is 8.70. The number of carbonyl (C=O) groups excluding carboxylic acids is 2. The highest BCUT2D eigenvalue weighted by atomic mass is 16.7. The van der Waals surface area contributed by atoms with Gasteiger partial charge in [0.2, 0.25) is 0 Å². The average molecular weight is 262 g/mol. The molecule has 0 aliphatic carbocycles. The first-order valence-corrected chi connectivity index (χ1v) is 5.93. The summed E-state index contributed by atoms with van der Waals surface area (Å²) in [5, 5.41) is 0. The normalized spacial score (nSPS) is 10.3. The lowest BCUT2D eigenvalue weighted by molar-refractivity contribution is -0.142. The summed E-state index contributed by atoms with van der Waals surface area (Å²) in [7, 11) is 2.91. The summed E-state index contributed by atoms with van der Waals surface area (Å²) in [5.41, 5.74) is 0. The van der Waals surface area contributed by atoms with Crippen molar-refractivity contribution in [3.05, 3.63) is 0 Å². The SMILES string of the molecule is COCCOCOCCCC(=O)CCC(=O)OC. The number of ketones is 1. The van der Waals surface area contributed by atoms with Crippen molar-refractivity contribution >= 4 is 11.8 Å². The lowest BCUT2D eigenvalue weighted by Crippen LogP contribution is -2.08. The Balaban J connectivity index is 3.22. The van der Waals surface area contributed by atoms with Gasteiger partial charge in [-0.2, -0.15) is 0 Å². The summed E-state index contributed by atoms with van der Waals surface area (Å²) in [5.74, 6) is -0.310. The van der Waals surface area contributed by atoms with E-state index in [-0.39, 0.29) is 31.4 Å². The Hall–Kier alpha value is -0.980. The molecule has 0 aliphatic heterocycles. The zero-order valence-corrected chi connectivity index (χ0v) is 11.1. The fourth-order valence-electron chi connectivity index (χ4n) is 1.16. The predicted octanol–water partition coefficient (Wildman–Crippen LogP) is 0.926. The van der Waals surface area contributed by atoms with Crippen LogP contribution in [0.25, 0.3) is 0 Å². The molecule has 0 fully saturated rings. The minimum atomic E-state index is -0.355. The molecule has 0 aliphatic rings. The number of carbonyl (C=O) groups is 2. The van der Waals surface area contributed by atoms with E-state index in [1.807, 2.05) is 0 Å². The van der Waals surface area contributed by atoms with E-state index in [2.05, 4.69) is 4.74 Å². The Bertz CT molecular complexity index is 229. The van der Waals surface area contributed by atoms with Gasteiger partial charge in [0, 0.05) is 26.6 Å². The van der Waals surface area contributed by atoms with Gasteiger partial charge in [-0.25, -0.2) is 0 Å². The highest BCUT2D eigenvalue weighted by molar-refractivity contribution is 5.82. The monoisotopic (exact) mass is 262 g/mol. The number of hydrogen-bond donors (Lipinski definition) is 0. The van der Waals surface area contributed by atoms with E-state index in [1.54, 1.807) is 7.11 Å². The van der Waals surface area contributed by atoms with Crippen molar-refractivity contribution < 1.29 is 28.5 Å². The lowest BCUT2D eigenvalue weighted by atomic mass is 10.1. The molecule has 0 aromatic rings. The molecule has 0 saturated heterocycles. The number of ether oxygens (including phenoxy) is 4. The van der Waals surface area contributed by atoms with Crippen LogP contribution in [0.3, 0.4) is 0 Å². The van der Waals surface area contributed by atoms with Crippen molar-refractivity contribution in [2.45, 2.75) is 25.7 Å². The molecule has 0 bridgehead atoms. The Labute approximate surface area is 108 Å². The van der Waals surface area contributed by atoms with Gasteiger partial charge in [-0.05, 0) is 6.42 Å². The fraction of sp³-hybridized carbons (Fsp3) is 0.833. The summed E-state index contributed by atoms with van der Waals surface area (Å²) < 4.78 is 19.5. The van der Waals surface area contributed by atoms with Crippen LogP contribution >= 0.6 is 0 Å². The largest absolute Gasteiger partial charge is 0.469 e. The Morgan fingerprint density at radius 1 is 0.889 bits per heavy atom. The van der Waals surface area contributed by atoms with Crippen molar-refractivity contribution in [3.8, 4) is 0 Å². The first kappa shape index (κ1) is 17.0. The summed E-state index contributed by atoms with van der Waals surface area (Å²) >= 11 is 0. The minimum Gasteiger partial charge on any atom is -0.469 e. The summed E-state index contributed by atoms with van der Waals surface area (Å²) in [4.78, 5) is 22.1. The van der Waals surface area contributed by atoms with Gasteiger partial charge in [0.1, 0.15) is 12.6 Å². The third-order valence-corrected chi connectivity index (χ3v) is 2.18. The molecule has 0 N–H and O–H groups in total. The molecule has 0 rings (SSSR count). The van der Waals surface area contributed by atoms with Crippen LogP contribution in [0.5, 0.6) is 0 Å². The Morgan fingerprint density at radius 3 is 2.28 bits per heavy atom. The lowest BCUT2D eigenvalue weighted by Gasteiger charge is -2.05. The highest BCUT2D eigenvalue weighted by Crippen LogP contribution is 2.00. The smallest absolute Gasteiger partial charge is 0.305 e. The molecule has 106 valence electrons. The molecule has 6 nitrogen and oxygen atoms in total. The first-order valence-electron chi connectivity index (χ1n) is 5.93. The van der Waals surface area contributed by atoms with E-state index >= 15 is 0 Å². The molecule has 0 atom stereocenters. The highest BCUT2D eigenvalue weighted by Gasteiger charge is 2.06. The molecule has 0 saturated carbocycles. The molecule has 18 heavy (non-hydrogen) atoms. The topological polar surface area (TPSA) is 71.1 Å². The molecular formula is C12H22O6. The van der Waals surface area contributed by atoms with E-state index in [9.17, 15) is 9.59 Å². The van der Waals surface area contributed by atoms with Crippen molar-refractivity contribution in [2.24, 2.45) is 0 Å². The average Bonchev–Trinajstić information content (AvgIpc) is 2.39. The van der Waals surface area contributed by atoms with Crippen LogP contribution in [0.4, 0.5) is 0 Å². The van der Waals surface area contributed by atoms with E-state index in [1.165, 1.54) is 7.11 Å². The van der Waals surface area contributed by atoms with E-state index < -0.39 is 0 Å². The maximum atomic E-state index is 11.3. The quantitative estimate of drug-likeness (QED) is 0.296. The van der Waals surface area contributed by atoms with Crippen molar-refractivity contribution in [1.29, 1.82) is 0 Å². The van der Waals surface area contributed by atoms with Crippen molar-refractivity contribution in [2.75, 3.05) is 40.8 Å². The van der Waals surface area contributed by atoms with Gasteiger partial charge in [0.05, 0.1) is 26.7 Å². The van der Waals surface area contributed by atoms with Crippen LogP contribution in [-0.4, -0.2) is 52.6 Å². The third kappa shape index (κ3) is 11.5. The van der Waals surface area contributed by atoms with Gasteiger partial charge < -0.3 is 18.9 Å². The van der Waals surface area contributed by atoms with Gasteiger partial charge in [-0.3, -0.25) is 9.59 Å². The number of hydrogen-bond acceptors (Lipinski definition) is 6. The third-order valence-electron chi connectivity index (χ3n) is 2.18. The summed E-state index contributed by atoms with van der Waals surface area (Å²) in [6, 6.07) is 0. The second-order valence-corrected chi connectivity index (χ2v) is 3.65. The molecule has 0 spiro atoms. The molecule has 0 aromatic heterocycles. The molecule has 0 radical (unpaired) electrons. The van der Waals surface area contributed by atoms with Crippen LogP contribution in [0.1, 0.15) is 25.7 Å². The van der Waals surface area contributed by atoms with Gasteiger partial charge in [0.15, 0.2) is 0 Å². The summed E-state index contributed by atoms with van der Waals surface area (Å²) in [6.07, 6.45) is 1.43. The molecule has 0 aromatic carbocycles. The zero-order chi connectivity index (χ0) is 13.6. The number of esters is 1. The maximum Gasteiger partial charge on any atom is 0.305 e. The molecule has 6 heteroatoms. The molecule has 0 amide bonds. The number of rotatable bonds is 12. The van der Waals surface area contributed by atoms with Gasteiger partial charge >= 0.3 is 5.97 Å². The van der Waals surface area contributed by atoms with E-state index in [0.29, 0.717) is 32.7 Å². The molecular weight excluding hydrogens is 240 g/mol. The second-order valence-electron chi connectivity index (χ2n) is 3.65. The van der Waals surface area contributed by atoms with Gasteiger partial charge in [-0.1, -0.05) is 0 Å². The van der Waals surface area contributed by atoms with Crippen LogP contribution < -0.4 is 0 Å². The van der Waals surface area contributed by atoms with Crippen molar-refractivity contribution in [3.63, 3.8) is 0 Å². The number of Topliss-reactive ketones (excluding diaryl/α,β-unsaturated/α-hetero) is 1. The van der Waals surface area contributed by atoms with Crippen LogP contribution in [0.15, 0.2) is 0 Å². The van der Waals surface area contributed by atoms with Gasteiger partial charge in [-0.15, -0.1) is 0 Å². The van der Waals surface area contributed by atoms with E-state index in [0.717, 1.165) is 0 Å². The maximum absolute atomic E-state index is 11.3. The Kier molecular flexibility index (Phi) is 11.8. The van der Waals surface area contributed by atoms with Crippen LogP contribution in [0.2, 0.25) is 0 Å². The van der Waals surface area contributed by atoms with Gasteiger partial charge in [0.25, 0.3) is 0 Å². The fourth-order valence-corrected chi connectivity index (χ4v) is 1.16. The predicted molar refractivity (Wildman–Crippen MR) is 64.1 cm³/mol. The summed E-state index contributed by atoms with van der Waals surface area (Å²) in [6.45, 7) is 1.71. The standard InChI is InChI=1S/C12H22O6/c1-15-8-9-18-10-17-7-3-4-11(13)5-6-12(14)16-2/h3-10H2,1-2H3. The minimum absolute atomic E-state index is 0.0456. The number of methoxy groups -OCH3 is 2. The Morgan fingerprint density at radius 2 is 1.61 bits per heavy atom.